The number of hydrogen-bond donors (Lipinski definition) is 5. The van der Waals surface area contributed by atoms with E-state index in [1.54, 1.807) is 13.8 Å². The lowest BCUT2D eigenvalue weighted by Gasteiger charge is -2.23. The quantitative estimate of drug-likeness (QED) is 0.307. The molecule has 0 rings (SSSR count). The van der Waals surface area contributed by atoms with Gasteiger partial charge in [0.2, 0.25) is 0 Å². The second kappa shape index (κ2) is 7.86. The van der Waals surface area contributed by atoms with Crippen LogP contribution in [0.4, 0.5) is 4.79 Å². The van der Waals surface area contributed by atoms with E-state index >= 15 is 0 Å². The van der Waals surface area contributed by atoms with Gasteiger partial charge in [-0.1, -0.05) is 13.8 Å². The minimum absolute atomic E-state index is 0.0173. The molecule has 5 N–H and O–H groups in total. The zero-order valence-corrected chi connectivity index (χ0v) is 10.0. The largest absolute Gasteiger partial charge is 0.481 e. The van der Waals surface area contributed by atoms with Gasteiger partial charge in [-0.15, -0.1) is 0 Å². The van der Waals surface area contributed by atoms with E-state index in [0.29, 0.717) is 6.42 Å². The van der Waals surface area contributed by atoms with Gasteiger partial charge in [0.1, 0.15) is 0 Å². The molecule has 1 atom stereocenters. The molecular weight excluding hydrogens is 228 g/mol. The highest BCUT2D eigenvalue weighted by Gasteiger charge is 2.22. The molecule has 0 aromatic carbocycles. The molecule has 0 aromatic heterocycles. The summed E-state index contributed by atoms with van der Waals surface area (Å²) in [4.78, 5) is 21.5. The summed E-state index contributed by atoms with van der Waals surface area (Å²) >= 11 is 0. The first-order valence-electron chi connectivity index (χ1n) is 5.47. The number of amides is 2. The van der Waals surface area contributed by atoms with Crippen molar-refractivity contribution in [2.45, 2.75) is 39.0 Å². The zero-order valence-electron chi connectivity index (χ0n) is 10.0. The highest BCUT2D eigenvalue weighted by molar-refractivity contribution is 5.74. The van der Waals surface area contributed by atoms with Crippen molar-refractivity contribution < 1.29 is 24.9 Å². The molecular formula is C10H20N2O5. The molecule has 17 heavy (non-hydrogen) atoms. The predicted octanol–water partition coefficient (Wildman–Crippen LogP) is -0.514. The van der Waals surface area contributed by atoms with Crippen LogP contribution in [-0.4, -0.2) is 46.2 Å². The van der Waals surface area contributed by atoms with Crippen molar-refractivity contribution in [2.24, 2.45) is 5.92 Å². The van der Waals surface area contributed by atoms with Gasteiger partial charge in [-0.2, -0.15) is 0 Å². The van der Waals surface area contributed by atoms with Crippen LogP contribution >= 0.6 is 0 Å². The Morgan fingerprint density at radius 2 is 1.82 bits per heavy atom. The fourth-order valence-electron chi connectivity index (χ4n) is 1.23. The summed E-state index contributed by atoms with van der Waals surface area (Å²) in [7, 11) is 0. The van der Waals surface area contributed by atoms with Gasteiger partial charge in [-0.25, -0.2) is 4.79 Å². The topological polar surface area (TPSA) is 119 Å². The lowest BCUT2D eigenvalue weighted by molar-refractivity contribution is -0.137. The summed E-state index contributed by atoms with van der Waals surface area (Å²) in [6.07, 6.45) is -1.31. The maximum Gasteiger partial charge on any atom is 0.315 e. The maximum atomic E-state index is 11.3. The molecule has 0 saturated heterocycles. The Balaban J connectivity index is 3.87. The third-order valence-electron chi connectivity index (χ3n) is 2.19. The molecule has 100 valence electrons. The summed E-state index contributed by atoms with van der Waals surface area (Å²) in [5.74, 6) is -1.04. The molecule has 7 heteroatoms. The van der Waals surface area contributed by atoms with Crippen molar-refractivity contribution in [1.29, 1.82) is 0 Å². The third-order valence-corrected chi connectivity index (χ3v) is 2.19. The second-order valence-corrected chi connectivity index (χ2v) is 4.08. The molecule has 0 aliphatic rings. The normalized spacial score (nSPS) is 12.6. The highest BCUT2D eigenvalue weighted by Crippen LogP contribution is 2.04. The van der Waals surface area contributed by atoms with Crippen molar-refractivity contribution in [3.8, 4) is 0 Å². The number of aliphatic carboxylic acids is 1. The van der Waals surface area contributed by atoms with Gasteiger partial charge in [-0.3, -0.25) is 4.79 Å². The molecule has 0 bridgehead atoms. The Bertz CT molecular complexity index is 247. The molecule has 0 spiro atoms. The number of carbonyl (C=O) groups excluding carboxylic acids is 1. The SMILES string of the molecule is CC(C)[C@H](NC(=O)NCCCC(=O)O)C(O)O. The Morgan fingerprint density at radius 3 is 2.24 bits per heavy atom. The van der Waals surface area contributed by atoms with Crippen LogP contribution in [0.3, 0.4) is 0 Å². The van der Waals surface area contributed by atoms with Gasteiger partial charge in [0, 0.05) is 13.0 Å². The summed E-state index contributed by atoms with van der Waals surface area (Å²) < 4.78 is 0. The standard InChI is InChI=1S/C10H20N2O5/c1-6(2)8(9(15)16)12-10(17)11-5-3-4-7(13)14/h6,8-9,15-16H,3-5H2,1-2H3,(H,13,14)(H2,11,12,17)/t8-/m0/s1. The van der Waals surface area contributed by atoms with E-state index in [-0.39, 0.29) is 18.9 Å². The monoisotopic (exact) mass is 248 g/mol. The maximum absolute atomic E-state index is 11.3. The number of aliphatic hydroxyl groups is 2. The Morgan fingerprint density at radius 1 is 1.24 bits per heavy atom. The second-order valence-electron chi connectivity index (χ2n) is 4.08. The van der Waals surface area contributed by atoms with Crippen LogP contribution in [0.25, 0.3) is 0 Å². The van der Waals surface area contributed by atoms with Crippen LogP contribution in [0.2, 0.25) is 0 Å². The van der Waals surface area contributed by atoms with E-state index in [2.05, 4.69) is 10.6 Å². The van der Waals surface area contributed by atoms with Crippen molar-refractivity contribution in [1.82, 2.24) is 10.6 Å². The van der Waals surface area contributed by atoms with Gasteiger partial charge >= 0.3 is 12.0 Å². The number of hydrogen-bond acceptors (Lipinski definition) is 4. The first-order valence-corrected chi connectivity index (χ1v) is 5.47. The summed E-state index contributed by atoms with van der Waals surface area (Å²) in [6.45, 7) is 3.72. The molecule has 0 aliphatic carbocycles. The lowest BCUT2D eigenvalue weighted by atomic mass is 10.0. The van der Waals surface area contributed by atoms with Crippen LogP contribution in [-0.2, 0) is 4.79 Å². The fraction of sp³-hybridized carbons (Fsp3) is 0.800. The molecule has 0 heterocycles. The third kappa shape index (κ3) is 7.53. The molecule has 0 radical (unpaired) electrons. The molecule has 0 aliphatic heterocycles. The minimum atomic E-state index is -1.63. The minimum Gasteiger partial charge on any atom is -0.481 e. The number of nitrogens with one attached hydrogen (secondary N) is 2. The summed E-state index contributed by atoms with van der Waals surface area (Å²) in [5, 5.41) is 31.2. The number of rotatable bonds is 7. The molecule has 0 aromatic rings. The van der Waals surface area contributed by atoms with E-state index in [1.165, 1.54) is 0 Å². The van der Waals surface area contributed by atoms with E-state index in [4.69, 9.17) is 15.3 Å². The molecule has 0 unspecified atom stereocenters. The van der Waals surface area contributed by atoms with Crippen LogP contribution in [0.5, 0.6) is 0 Å². The van der Waals surface area contributed by atoms with Crippen molar-refractivity contribution >= 4 is 12.0 Å². The summed E-state index contributed by atoms with van der Waals surface area (Å²) in [5.41, 5.74) is 0. The van der Waals surface area contributed by atoms with Crippen molar-refractivity contribution in [3.05, 3.63) is 0 Å². The molecule has 2 amide bonds. The van der Waals surface area contributed by atoms with E-state index in [9.17, 15) is 9.59 Å². The van der Waals surface area contributed by atoms with Crippen LogP contribution in [0.15, 0.2) is 0 Å². The van der Waals surface area contributed by atoms with E-state index < -0.39 is 24.3 Å². The van der Waals surface area contributed by atoms with Crippen molar-refractivity contribution in [2.75, 3.05) is 6.54 Å². The Labute approximate surface area is 99.8 Å². The predicted molar refractivity (Wildman–Crippen MR) is 60.3 cm³/mol. The van der Waals surface area contributed by atoms with Gasteiger partial charge in [0.05, 0.1) is 6.04 Å². The Kier molecular flexibility index (Phi) is 7.24. The van der Waals surface area contributed by atoms with E-state index in [1.807, 2.05) is 0 Å². The number of aliphatic hydroxyl groups excluding tert-OH is 1. The number of carbonyl (C=O) groups is 2. The highest BCUT2D eigenvalue weighted by atomic mass is 16.5. The first kappa shape index (κ1) is 15.7. The smallest absolute Gasteiger partial charge is 0.315 e. The van der Waals surface area contributed by atoms with Crippen LogP contribution in [0.1, 0.15) is 26.7 Å². The number of carboxylic acids is 1. The van der Waals surface area contributed by atoms with E-state index in [0.717, 1.165) is 0 Å². The van der Waals surface area contributed by atoms with Gasteiger partial charge in [-0.05, 0) is 12.3 Å². The molecule has 0 fully saturated rings. The number of urea groups is 1. The molecule has 7 nitrogen and oxygen atoms in total. The van der Waals surface area contributed by atoms with Crippen molar-refractivity contribution in [3.63, 3.8) is 0 Å². The summed E-state index contributed by atoms with van der Waals surface area (Å²) in [6, 6.07) is -1.29. The zero-order chi connectivity index (χ0) is 13.4. The average molecular weight is 248 g/mol. The average Bonchev–Trinajstić information content (AvgIpc) is 2.19. The molecule has 0 saturated carbocycles. The lowest BCUT2D eigenvalue weighted by Crippen LogP contribution is -2.50. The number of carboxylic acid groups (broad SMARTS) is 1. The van der Waals surface area contributed by atoms with Gasteiger partial charge < -0.3 is 26.0 Å². The van der Waals surface area contributed by atoms with Gasteiger partial charge in [0.15, 0.2) is 6.29 Å². The van der Waals surface area contributed by atoms with Crippen LogP contribution < -0.4 is 10.6 Å². The first-order chi connectivity index (χ1) is 7.84. The van der Waals surface area contributed by atoms with Gasteiger partial charge in [0.25, 0.3) is 0 Å². The fourth-order valence-corrected chi connectivity index (χ4v) is 1.23. The van der Waals surface area contributed by atoms with Crippen LogP contribution in [0, 0.1) is 5.92 Å². The Hall–Kier alpha value is -1.34.